The SMILES string of the molecule is N#Cc1c(NC(=O)CCSc2nnc(CNc3ccc(Cl)cc3)n2-c2ccccc2)sc2c1CCCC2. The quantitative estimate of drug-likeness (QED) is 0.233. The predicted molar refractivity (Wildman–Crippen MR) is 150 cm³/mol. The van der Waals surface area contributed by atoms with E-state index in [9.17, 15) is 10.1 Å². The summed E-state index contributed by atoms with van der Waals surface area (Å²) in [6.07, 6.45) is 4.46. The monoisotopic (exact) mass is 548 g/mol. The van der Waals surface area contributed by atoms with E-state index >= 15 is 0 Å². The first-order valence-corrected chi connectivity index (χ1v) is 14.3. The van der Waals surface area contributed by atoms with Gasteiger partial charge in [0.25, 0.3) is 0 Å². The molecular formula is C27H25ClN6OS2. The fraction of sp³-hybridized carbons (Fsp3) is 0.259. The number of thiophene rings is 1. The molecular weight excluding hydrogens is 524 g/mol. The predicted octanol–water partition coefficient (Wildman–Crippen LogP) is 6.47. The van der Waals surface area contributed by atoms with Gasteiger partial charge in [0, 0.05) is 33.4 Å². The van der Waals surface area contributed by atoms with Gasteiger partial charge in [0.1, 0.15) is 11.1 Å². The summed E-state index contributed by atoms with van der Waals surface area (Å²) in [5, 5.41) is 26.9. The van der Waals surface area contributed by atoms with Crippen LogP contribution in [0.4, 0.5) is 10.7 Å². The van der Waals surface area contributed by atoms with Crippen LogP contribution in [0.5, 0.6) is 0 Å². The number of rotatable bonds is 9. The minimum absolute atomic E-state index is 0.0991. The molecule has 4 aromatic rings. The summed E-state index contributed by atoms with van der Waals surface area (Å²) in [5.74, 6) is 1.20. The van der Waals surface area contributed by atoms with Crippen molar-refractivity contribution in [3.63, 3.8) is 0 Å². The van der Waals surface area contributed by atoms with Crippen LogP contribution in [0, 0.1) is 11.3 Å². The summed E-state index contributed by atoms with van der Waals surface area (Å²) in [4.78, 5) is 14.0. The maximum atomic E-state index is 12.7. The van der Waals surface area contributed by atoms with Crippen molar-refractivity contribution in [1.29, 1.82) is 5.26 Å². The molecule has 0 radical (unpaired) electrons. The third kappa shape index (κ3) is 5.99. The molecule has 2 N–H and O–H groups in total. The molecule has 0 bridgehead atoms. The van der Waals surface area contributed by atoms with Crippen molar-refractivity contribution < 1.29 is 4.79 Å². The number of hydrogen-bond acceptors (Lipinski definition) is 7. The summed E-state index contributed by atoms with van der Waals surface area (Å²) in [6.45, 7) is 0.477. The highest BCUT2D eigenvalue weighted by molar-refractivity contribution is 7.99. The van der Waals surface area contributed by atoms with E-state index in [1.54, 1.807) is 11.3 Å². The van der Waals surface area contributed by atoms with Crippen molar-refractivity contribution in [3.8, 4) is 11.8 Å². The molecule has 188 valence electrons. The lowest BCUT2D eigenvalue weighted by atomic mass is 9.96. The number of carbonyl (C=O) groups excluding carboxylic acids is 1. The number of nitrogens with zero attached hydrogens (tertiary/aromatic N) is 4. The number of nitrogens with one attached hydrogen (secondary N) is 2. The van der Waals surface area contributed by atoms with Gasteiger partial charge < -0.3 is 10.6 Å². The smallest absolute Gasteiger partial charge is 0.225 e. The maximum absolute atomic E-state index is 12.7. The average Bonchev–Trinajstić information content (AvgIpc) is 3.49. The van der Waals surface area contributed by atoms with Gasteiger partial charge >= 0.3 is 0 Å². The van der Waals surface area contributed by atoms with Crippen molar-refractivity contribution in [3.05, 3.63) is 81.4 Å². The number of nitriles is 1. The standard InChI is InChI=1S/C27H25ClN6OS2/c28-18-10-12-19(13-11-18)30-17-24-32-33-27(34(24)20-6-2-1-3-7-20)36-15-14-25(35)31-26-22(16-29)21-8-4-5-9-23(21)37-26/h1-3,6-7,10-13,30H,4-5,8-9,14-15,17H2,(H,31,35). The second-order valence-corrected chi connectivity index (χ2v) is 11.2. The number of halogens is 1. The molecule has 0 unspecified atom stereocenters. The van der Waals surface area contributed by atoms with E-state index in [4.69, 9.17) is 11.6 Å². The molecule has 7 nitrogen and oxygen atoms in total. The van der Waals surface area contributed by atoms with Crippen LogP contribution in [-0.4, -0.2) is 26.4 Å². The van der Waals surface area contributed by atoms with Crippen molar-refractivity contribution in [2.45, 2.75) is 43.8 Å². The van der Waals surface area contributed by atoms with Gasteiger partial charge in [0.15, 0.2) is 11.0 Å². The number of para-hydroxylation sites is 1. The molecule has 0 aliphatic heterocycles. The van der Waals surface area contributed by atoms with E-state index in [2.05, 4.69) is 26.9 Å². The Labute approximate surface area is 228 Å². The van der Waals surface area contributed by atoms with Crippen molar-refractivity contribution in [1.82, 2.24) is 14.8 Å². The zero-order valence-corrected chi connectivity index (χ0v) is 22.4. The third-order valence-corrected chi connectivity index (χ3v) is 8.50. The van der Waals surface area contributed by atoms with Crippen LogP contribution in [0.1, 0.15) is 41.1 Å². The van der Waals surface area contributed by atoms with Crippen LogP contribution >= 0.6 is 34.7 Å². The zero-order chi connectivity index (χ0) is 25.6. The number of thioether (sulfide) groups is 1. The van der Waals surface area contributed by atoms with Gasteiger partial charge in [-0.05, 0) is 67.6 Å². The second kappa shape index (κ2) is 11.8. The van der Waals surface area contributed by atoms with E-state index in [0.29, 0.717) is 34.3 Å². The Morgan fingerprint density at radius 1 is 1.11 bits per heavy atom. The highest BCUT2D eigenvalue weighted by Gasteiger charge is 2.22. The Morgan fingerprint density at radius 3 is 2.68 bits per heavy atom. The van der Waals surface area contributed by atoms with Gasteiger partial charge in [-0.3, -0.25) is 9.36 Å². The lowest BCUT2D eigenvalue weighted by Crippen LogP contribution is -2.12. The molecule has 2 aromatic heterocycles. The van der Waals surface area contributed by atoms with E-state index in [1.165, 1.54) is 16.6 Å². The number of carbonyl (C=O) groups is 1. The molecule has 1 aliphatic rings. The first kappa shape index (κ1) is 25.3. The Balaban J connectivity index is 1.25. The van der Waals surface area contributed by atoms with Gasteiger partial charge in [-0.25, -0.2) is 0 Å². The normalized spacial score (nSPS) is 12.5. The molecule has 0 saturated carbocycles. The number of hydrogen-bond donors (Lipinski definition) is 2. The Hall–Kier alpha value is -3.32. The third-order valence-electron chi connectivity index (χ3n) is 6.11. The largest absolute Gasteiger partial charge is 0.378 e. The molecule has 0 spiro atoms. The van der Waals surface area contributed by atoms with Gasteiger partial charge in [-0.2, -0.15) is 5.26 Å². The second-order valence-electron chi connectivity index (χ2n) is 8.60. The average molecular weight is 549 g/mol. The minimum Gasteiger partial charge on any atom is -0.378 e. The van der Waals surface area contributed by atoms with Crippen LogP contribution in [-0.2, 0) is 24.2 Å². The summed E-state index contributed by atoms with van der Waals surface area (Å²) in [7, 11) is 0. The molecule has 2 heterocycles. The number of benzene rings is 2. The van der Waals surface area contributed by atoms with Gasteiger partial charge in [-0.1, -0.05) is 41.6 Å². The molecule has 2 aromatic carbocycles. The molecule has 0 fully saturated rings. The van der Waals surface area contributed by atoms with Gasteiger partial charge in [0.2, 0.25) is 5.91 Å². The lowest BCUT2D eigenvalue weighted by molar-refractivity contribution is -0.115. The molecule has 37 heavy (non-hydrogen) atoms. The van der Waals surface area contributed by atoms with Crippen molar-refractivity contribution in [2.75, 3.05) is 16.4 Å². The number of aryl methyl sites for hydroxylation is 1. The number of fused-ring (bicyclic) bond motifs is 1. The molecule has 1 amide bonds. The highest BCUT2D eigenvalue weighted by Crippen LogP contribution is 2.37. The van der Waals surface area contributed by atoms with E-state index < -0.39 is 0 Å². The molecule has 5 rings (SSSR count). The topological polar surface area (TPSA) is 95.6 Å². The number of amides is 1. The molecule has 0 saturated heterocycles. The van der Waals surface area contributed by atoms with Gasteiger partial charge in [-0.15, -0.1) is 21.5 Å². The Morgan fingerprint density at radius 2 is 1.89 bits per heavy atom. The fourth-order valence-electron chi connectivity index (χ4n) is 4.29. The van der Waals surface area contributed by atoms with E-state index in [0.717, 1.165) is 53.6 Å². The summed E-state index contributed by atoms with van der Waals surface area (Å²) >= 11 is 9.03. The first-order chi connectivity index (χ1) is 18.1. The van der Waals surface area contributed by atoms with Crippen molar-refractivity contribution in [2.24, 2.45) is 0 Å². The number of anilines is 2. The summed E-state index contributed by atoms with van der Waals surface area (Å²) < 4.78 is 2.01. The fourth-order valence-corrected chi connectivity index (χ4v) is 6.58. The van der Waals surface area contributed by atoms with Crippen LogP contribution in [0.15, 0.2) is 59.8 Å². The minimum atomic E-state index is -0.0991. The molecule has 10 heteroatoms. The highest BCUT2D eigenvalue weighted by atomic mass is 35.5. The Bertz CT molecular complexity index is 1430. The molecule has 1 aliphatic carbocycles. The molecule has 0 atom stereocenters. The van der Waals surface area contributed by atoms with Crippen LogP contribution in [0.3, 0.4) is 0 Å². The van der Waals surface area contributed by atoms with Gasteiger partial charge in [0.05, 0.1) is 12.1 Å². The van der Waals surface area contributed by atoms with Crippen LogP contribution < -0.4 is 10.6 Å². The van der Waals surface area contributed by atoms with Crippen molar-refractivity contribution >= 4 is 51.3 Å². The van der Waals surface area contributed by atoms with E-state index in [-0.39, 0.29) is 5.91 Å². The Kier molecular flexibility index (Phi) is 8.09. The zero-order valence-electron chi connectivity index (χ0n) is 20.0. The number of aromatic nitrogens is 3. The summed E-state index contributed by atoms with van der Waals surface area (Å²) in [5.41, 5.74) is 3.65. The van der Waals surface area contributed by atoms with Crippen LogP contribution in [0.25, 0.3) is 5.69 Å². The maximum Gasteiger partial charge on any atom is 0.225 e. The lowest BCUT2D eigenvalue weighted by Gasteiger charge is -2.11. The van der Waals surface area contributed by atoms with E-state index in [1.807, 2.05) is 59.2 Å². The van der Waals surface area contributed by atoms with Crippen LogP contribution in [0.2, 0.25) is 5.02 Å². The first-order valence-electron chi connectivity index (χ1n) is 12.1. The summed E-state index contributed by atoms with van der Waals surface area (Å²) in [6, 6.07) is 19.7.